The standard InChI is InChI=1S/C3H4N3/c1-6-3-4-2-5-6/h2H,1H3/q+1. The quantitative estimate of drug-likeness (QED) is 0.394. The Bertz CT molecular complexity index is 110. The normalized spacial score (nSPS) is 7.50. The van der Waals surface area contributed by atoms with Crippen molar-refractivity contribution in [1.82, 2.24) is 9.78 Å². The maximum Gasteiger partial charge on any atom is 0.361 e. The first-order valence-electron chi connectivity index (χ1n) is 1.61. The molecular formula is C3H4N3+. The fourth-order valence-electron chi connectivity index (χ4n) is 0.238. The lowest BCUT2D eigenvalue weighted by Crippen LogP contribution is -1.83. The van der Waals surface area contributed by atoms with Crippen molar-refractivity contribution >= 4 is 0 Å². The topological polar surface area (TPSA) is 31.9 Å². The molecule has 0 aromatic carbocycles. The summed E-state index contributed by atoms with van der Waals surface area (Å²) in [5.74, 6) is 0. The van der Waals surface area contributed by atoms with E-state index < -0.39 is 0 Å². The lowest BCUT2D eigenvalue weighted by atomic mass is 11.3. The molecule has 0 aliphatic rings. The molecular weight excluding hydrogens is 78.1 g/mol. The van der Waals surface area contributed by atoms with Gasteiger partial charge in [0, 0.05) is 0 Å². The van der Waals surface area contributed by atoms with E-state index in [1.807, 2.05) is 0 Å². The SMILES string of the molecule is Cn1c#[n+]cn1. The largest absolute Gasteiger partial charge is 0.361 e. The summed E-state index contributed by atoms with van der Waals surface area (Å²) >= 11 is 0. The van der Waals surface area contributed by atoms with Crippen LogP contribution in [0.4, 0.5) is 0 Å². The highest BCUT2D eigenvalue weighted by molar-refractivity contribution is 4.25. The van der Waals surface area contributed by atoms with Crippen molar-refractivity contribution in [2.45, 2.75) is 0 Å². The van der Waals surface area contributed by atoms with Crippen LogP contribution in [0.25, 0.3) is 0 Å². The molecule has 1 aromatic rings. The molecule has 0 radical (unpaired) electrons. The summed E-state index contributed by atoms with van der Waals surface area (Å²) in [7, 11) is 1.77. The molecule has 6 heavy (non-hydrogen) atoms. The van der Waals surface area contributed by atoms with Crippen LogP contribution >= 0.6 is 0 Å². The lowest BCUT2D eigenvalue weighted by Gasteiger charge is -1.55. The zero-order chi connectivity index (χ0) is 4.41. The van der Waals surface area contributed by atoms with Gasteiger partial charge in [-0.2, -0.15) is 4.98 Å². The van der Waals surface area contributed by atoms with Crippen molar-refractivity contribution in [2.24, 2.45) is 7.05 Å². The molecule has 0 N–H and O–H groups in total. The first-order chi connectivity index (χ1) is 2.89. The van der Waals surface area contributed by atoms with E-state index in [2.05, 4.69) is 16.4 Å². The summed E-state index contributed by atoms with van der Waals surface area (Å²) in [6.07, 6.45) is 4.00. The van der Waals surface area contributed by atoms with Gasteiger partial charge < -0.3 is 0 Å². The van der Waals surface area contributed by atoms with Gasteiger partial charge in [0.05, 0.1) is 5.10 Å². The van der Waals surface area contributed by atoms with Crippen LogP contribution < -0.4 is 4.98 Å². The monoisotopic (exact) mass is 82.0 g/mol. The van der Waals surface area contributed by atoms with E-state index in [9.17, 15) is 0 Å². The molecule has 0 saturated carbocycles. The maximum atomic E-state index is 3.67. The van der Waals surface area contributed by atoms with Gasteiger partial charge in [-0.3, -0.25) is 0 Å². The van der Waals surface area contributed by atoms with Crippen molar-refractivity contribution in [1.29, 1.82) is 0 Å². The highest BCUT2D eigenvalue weighted by Crippen LogP contribution is 1.50. The van der Waals surface area contributed by atoms with E-state index in [0.717, 1.165) is 0 Å². The van der Waals surface area contributed by atoms with Gasteiger partial charge >= 0.3 is 12.7 Å². The number of rotatable bonds is 0. The number of hydrogen-bond acceptors (Lipinski definition) is 1. The Morgan fingerprint density at radius 2 is 2.83 bits per heavy atom. The van der Waals surface area contributed by atoms with Crippen LogP contribution in [0.1, 0.15) is 0 Å². The lowest BCUT2D eigenvalue weighted by molar-refractivity contribution is -0.294. The molecule has 0 bridgehead atoms. The average Bonchev–Trinajstić information content (AvgIpc) is 1.86. The van der Waals surface area contributed by atoms with E-state index in [-0.39, 0.29) is 0 Å². The zero-order valence-electron chi connectivity index (χ0n) is 3.42. The molecule has 30 valence electrons. The first kappa shape index (κ1) is 3.16. The third kappa shape index (κ3) is 0.320. The minimum absolute atomic E-state index is 1.44. The Labute approximate surface area is 35.6 Å². The number of hydrogen-bond donors (Lipinski definition) is 0. The van der Waals surface area contributed by atoms with Crippen LogP contribution in [-0.4, -0.2) is 9.78 Å². The van der Waals surface area contributed by atoms with Gasteiger partial charge in [-0.1, -0.05) is 4.68 Å². The highest BCUT2D eigenvalue weighted by atomic mass is 15.3. The third-order valence-electron chi connectivity index (χ3n) is 0.485. The van der Waals surface area contributed by atoms with Crippen molar-refractivity contribution in [2.75, 3.05) is 0 Å². The third-order valence-corrected chi connectivity index (χ3v) is 0.485. The van der Waals surface area contributed by atoms with Crippen LogP contribution in [0.5, 0.6) is 0 Å². The van der Waals surface area contributed by atoms with E-state index >= 15 is 0 Å². The molecule has 0 aliphatic heterocycles. The second-order valence-corrected chi connectivity index (χ2v) is 0.984. The fraction of sp³-hybridized carbons (Fsp3) is 0.333. The second-order valence-electron chi connectivity index (χ2n) is 0.984. The van der Waals surface area contributed by atoms with Crippen molar-refractivity contribution in [3.05, 3.63) is 12.7 Å². The van der Waals surface area contributed by atoms with Crippen molar-refractivity contribution in [3.8, 4) is 0 Å². The Morgan fingerprint density at radius 3 is 3.00 bits per heavy atom. The Kier molecular flexibility index (Phi) is 0.515. The average molecular weight is 82.1 g/mol. The summed E-state index contributed by atoms with van der Waals surface area (Å²) in [4.78, 5) is 3.55. The smallest absolute Gasteiger partial charge is 0.182 e. The maximum absolute atomic E-state index is 3.67. The van der Waals surface area contributed by atoms with Crippen LogP contribution in [0, 0.1) is 6.33 Å². The molecule has 0 spiro atoms. The summed E-state index contributed by atoms with van der Waals surface area (Å²) in [6, 6.07) is 0. The van der Waals surface area contributed by atoms with Crippen molar-refractivity contribution < 1.29 is 4.98 Å². The van der Waals surface area contributed by atoms with Gasteiger partial charge in [0.2, 0.25) is 0 Å². The predicted octanol–water partition coefficient (Wildman–Crippen LogP) is -1.18. The summed E-state index contributed by atoms with van der Waals surface area (Å²) in [5, 5.41) is 3.67. The second kappa shape index (κ2) is 0.977. The fourth-order valence-corrected chi connectivity index (χ4v) is 0.238. The van der Waals surface area contributed by atoms with E-state index in [4.69, 9.17) is 0 Å². The first-order valence-corrected chi connectivity index (χ1v) is 1.61. The van der Waals surface area contributed by atoms with Gasteiger partial charge in [0.25, 0.3) is 0 Å². The van der Waals surface area contributed by atoms with E-state index in [1.54, 1.807) is 7.05 Å². The molecule has 1 rings (SSSR count). The zero-order valence-corrected chi connectivity index (χ0v) is 3.42. The Morgan fingerprint density at radius 1 is 2.00 bits per heavy atom. The Hall–Kier alpha value is -1.04. The summed E-state index contributed by atoms with van der Waals surface area (Å²) in [5.41, 5.74) is 0. The molecule has 1 heterocycles. The van der Waals surface area contributed by atoms with Crippen molar-refractivity contribution in [3.63, 3.8) is 0 Å². The van der Waals surface area contributed by atoms with Gasteiger partial charge in [-0.05, 0) is 0 Å². The number of aryl methyl sites for hydroxylation is 1. The molecule has 3 nitrogen and oxygen atoms in total. The molecule has 0 saturated heterocycles. The Balaban J connectivity index is 3.05. The van der Waals surface area contributed by atoms with Gasteiger partial charge in [-0.15, -0.1) is 0 Å². The van der Waals surface area contributed by atoms with Crippen LogP contribution in [0.15, 0.2) is 6.33 Å². The van der Waals surface area contributed by atoms with E-state index in [0.29, 0.717) is 0 Å². The minimum Gasteiger partial charge on any atom is -0.182 e. The van der Waals surface area contributed by atoms with Gasteiger partial charge in [0.15, 0.2) is 0 Å². The highest BCUT2D eigenvalue weighted by Gasteiger charge is 1.82. The van der Waals surface area contributed by atoms with Gasteiger partial charge in [0.1, 0.15) is 7.05 Å². The molecule has 0 unspecified atom stereocenters. The van der Waals surface area contributed by atoms with Crippen LogP contribution in [0.2, 0.25) is 0 Å². The predicted molar refractivity (Wildman–Crippen MR) is 17.6 cm³/mol. The molecule has 0 fully saturated rings. The molecule has 0 atom stereocenters. The molecule has 1 aromatic heterocycles. The number of nitrogens with zero attached hydrogens (tertiary/aromatic N) is 3. The van der Waals surface area contributed by atoms with E-state index in [1.165, 1.54) is 11.0 Å². The molecule has 0 amide bonds. The molecule has 0 aliphatic carbocycles. The summed E-state index contributed by atoms with van der Waals surface area (Å²) in [6.45, 7) is 0. The number of aromatic nitrogens is 3. The van der Waals surface area contributed by atoms with Crippen LogP contribution in [0.3, 0.4) is 0 Å². The van der Waals surface area contributed by atoms with Crippen LogP contribution in [-0.2, 0) is 7.05 Å². The molecule has 3 heteroatoms. The summed E-state index contributed by atoms with van der Waals surface area (Å²) < 4.78 is 1.51. The minimum atomic E-state index is 1.44. The van der Waals surface area contributed by atoms with Gasteiger partial charge in [-0.25, -0.2) is 0 Å².